The number of aromatic nitrogens is 3. The first kappa shape index (κ1) is 33.5. The number of likely N-dealkylation sites (tertiary alicyclic amines) is 1. The van der Waals surface area contributed by atoms with Gasteiger partial charge in [-0.05, 0) is 58.3 Å². The van der Waals surface area contributed by atoms with Gasteiger partial charge < -0.3 is 25.3 Å². The first-order valence-electron chi connectivity index (χ1n) is 15.6. The number of aliphatic carboxylic acids is 1. The molecule has 44 heavy (non-hydrogen) atoms. The van der Waals surface area contributed by atoms with Crippen LogP contribution in [0, 0.1) is 34.9 Å². The lowest BCUT2D eigenvalue weighted by Gasteiger charge is -2.64. The van der Waals surface area contributed by atoms with E-state index in [2.05, 4.69) is 26.1 Å². The number of nitrogens with one attached hydrogen (secondary N) is 1. The van der Waals surface area contributed by atoms with Crippen molar-refractivity contribution in [3.05, 3.63) is 29.3 Å². The first-order valence-corrected chi connectivity index (χ1v) is 15.6. The molecule has 0 aromatic carbocycles. The van der Waals surface area contributed by atoms with Crippen molar-refractivity contribution in [3.63, 3.8) is 0 Å². The van der Waals surface area contributed by atoms with Crippen LogP contribution in [-0.4, -0.2) is 67.1 Å². The van der Waals surface area contributed by atoms with Crippen LogP contribution in [0.15, 0.2) is 12.1 Å². The topological polar surface area (TPSA) is 124 Å². The number of aryl methyl sites for hydroxylation is 1. The minimum Gasteiger partial charge on any atom is -0.481 e. The fourth-order valence-electron chi connectivity index (χ4n) is 7.86. The zero-order valence-corrected chi connectivity index (χ0v) is 28.3. The van der Waals surface area contributed by atoms with Crippen molar-refractivity contribution < 1.29 is 24.2 Å². The van der Waals surface area contributed by atoms with E-state index >= 15 is 4.39 Å². The number of halogens is 1. The molecule has 2 aromatic heterocycles. The summed E-state index contributed by atoms with van der Waals surface area (Å²) in [5.74, 6) is -1.33. The second-order valence-electron chi connectivity index (χ2n) is 16.0. The Morgan fingerprint density at radius 3 is 2.07 bits per heavy atom. The molecule has 0 aliphatic carbocycles. The molecule has 2 fully saturated rings. The van der Waals surface area contributed by atoms with Crippen LogP contribution in [0.2, 0.25) is 0 Å². The third kappa shape index (κ3) is 5.62. The lowest BCUT2D eigenvalue weighted by Crippen LogP contribution is -2.72. The Kier molecular flexibility index (Phi) is 8.31. The number of carboxylic acids is 1. The molecule has 0 saturated carbocycles. The smallest absolute Gasteiger partial charge is 0.407 e. The fraction of sp³-hybridized carbons (Fsp3) is 0.697. The molecule has 10 nitrogen and oxygen atoms in total. The van der Waals surface area contributed by atoms with Gasteiger partial charge in [-0.3, -0.25) is 9.48 Å². The third-order valence-corrected chi connectivity index (χ3v) is 9.96. The number of amides is 1. The Balaban J connectivity index is 1.89. The SMILES string of the molecule is Cc1cc(Nc2cc(N3CCC3)c(F)c(C[C@]3(C(=O)O)CCN(C(=O)O)[C@@](C)(C(C)(C)C)C3C(C)(C)C)n2)nn1C(C)(C)C. The largest absolute Gasteiger partial charge is 0.481 e. The van der Waals surface area contributed by atoms with Crippen LogP contribution in [0.3, 0.4) is 0 Å². The lowest BCUT2D eigenvalue weighted by atomic mass is 9.47. The van der Waals surface area contributed by atoms with Crippen molar-refractivity contribution in [1.82, 2.24) is 19.7 Å². The Morgan fingerprint density at radius 2 is 1.64 bits per heavy atom. The maximum absolute atomic E-state index is 16.5. The number of anilines is 3. The van der Waals surface area contributed by atoms with E-state index < -0.39 is 45.6 Å². The Labute approximate surface area is 261 Å². The Hall–Kier alpha value is -3.37. The second kappa shape index (κ2) is 10.9. The van der Waals surface area contributed by atoms with E-state index in [9.17, 15) is 19.8 Å². The van der Waals surface area contributed by atoms with Gasteiger partial charge in [-0.2, -0.15) is 5.10 Å². The van der Waals surface area contributed by atoms with Crippen molar-refractivity contribution in [2.24, 2.45) is 22.2 Å². The van der Waals surface area contributed by atoms with Gasteiger partial charge in [-0.1, -0.05) is 41.5 Å². The minimum absolute atomic E-state index is 0.0179. The van der Waals surface area contributed by atoms with E-state index in [1.165, 1.54) is 4.90 Å². The Morgan fingerprint density at radius 1 is 1.02 bits per heavy atom. The summed E-state index contributed by atoms with van der Waals surface area (Å²) < 4.78 is 18.4. The molecule has 2 saturated heterocycles. The average Bonchev–Trinajstić information content (AvgIpc) is 3.19. The average molecular weight is 615 g/mol. The molecule has 11 heteroatoms. The summed E-state index contributed by atoms with van der Waals surface area (Å²) in [5.41, 5.74) is -2.72. The highest BCUT2D eigenvalue weighted by molar-refractivity contribution is 5.78. The van der Waals surface area contributed by atoms with Gasteiger partial charge in [0.1, 0.15) is 5.82 Å². The number of hydrogen-bond donors (Lipinski definition) is 3. The number of carboxylic acid groups (broad SMARTS) is 2. The van der Waals surface area contributed by atoms with E-state index in [1.807, 2.05) is 71.0 Å². The number of pyridine rings is 1. The Bertz CT molecular complexity index is 1430. The molecule has 1 unspecified atom stereocenters. The predicted octanol–water partition coefficient (Wildman–Crippen LogP) is 6.90. The maximum atomic E-state index is 16.5. The van der Waals surface area contributed by atoms with Crippen LogP contribution in [-0.2, 0) is 16.8 Å². The first-order chi connectivity index (χ1) is 20.0. The zero-order valence-electron chi connectivity index (χ0n) is 28.3. The van der Waals surface area contributed by atoms with Gasteiger partial charge >= 0.3 is 12.1 Å². The van der Waals surface area contributed by atoms with E-state index in [1.54, 1.807) is 6.07 Å². The van der Waals surface area contributed by atoms with E-state index in [0.717, 1.165) is 12.1 Å². The lowest BCUT2D eigenvalue weighted by molar-refractivity contribution is -0.188. The summed E-state index contributed by atoms with van der Waals surface area (Å²) in [6.45, 7) is 23.1. The molecule has 2 aromatic rings. The molecule has 4 heterocycles. The molecule has 4 rings (SSSR count). The van der Waals surface area contributed by atoms with Crippen molar-refractivity contribution in [3.8, 4) is 0 Å². The van der Waals surface area contributed by atoms with Gasteiger partial charge in [-0.25, -0.2) is 14.2 Å². The van der Waals surface area contributed by atoms with Gasteiger partial charge in [0.2, 0.25) is 0 Å². The highest BCUT2D eigenvalue weighted by Gasteiger charge is 2.66. The van der Waals surface area contributed by atoms with Crippen LogP contribution in [0.5, 0.6) is 0 Å². The normalized spacial score (nSPS) is 24.7. The highest BCUT2D eigenvalue weighted by Crippen LogP contribution is 2.60. The summed E-state index contributed by atoms with van der Waals surface area (Å²) >= 11 is 0. The van der Waals surface area contributed by atoms with Crippen molar-refractivity contribution >= 4 is 29.4 Å². The summed E-state index contributed by atoms with van der Waals surface area (Å²) in [4.78, 5) is 34.3. The standard InChI is InChI=1S/C33H51FN6O4/c1-20-17-24(37-40(20)31(8,9)10)36-23-18-22(38-14-12-15-38)25(34)21(35-23)19-33(27(41)42)13-16-39(28(43)44)32(11,30(5,6)7)26(33)29(2,3)4/h17-18,26H,12-16,19H2,1-11H3,(H,41,42)(H,43,44)(H,35,36,37)/t26?,32-,33-/m1/s1. The maximum Gasteiger partial charge on any atom is 0.407 e. The predicted molar refractivity (Wildman–Crippen MR) is 170 cm³/mol. The number of carbonyl (C=O) groups is 2. The van der Waals surface area contributed by atoms with Gasteiger partial charge in [0, 0.05) is 49.8 Å². The molecule has 3 N–H and O–H groups in total. The molecule has 0 bridgehead atoms. The summed E-state index contributed by atoms with van der Waals surface area (Å²) in [6, 6.07) is 3.58. The van der Waals surface area contributed by atoms with Gasteiger partial charge in [0.05, 0.1) is 27.9 Å². The van der Waals surface area contributed by atoms with Gasteiger partial charge in [0.15, 0.2) is 11.6 Å². The van der Waals surface area contributed by atoms with Crippen molar-refractivity contribution in [2.45, 2.75) is 107 Å². The highest BCUT2D eigenvalue weighted by atomic mass is 19.1. The molecule has 3 atom stereocenters. The van der Waals surface area contributed by atoms with Crippen LogP contribution < -0.4 is 10.2 Å². The molecule has 2 aliphatic rings. The number of rotatable bonds is 6. The van der Waals surface area contributed by atoms with Crippen LogP contribution in [0.4, 0.5) is 26.5 Å². The molecule has 1 amide bonds. The molecular formula is C33H51FN6O4. The number of piperidine rings is 1. The number of hydrogen-bond acceptors (Lipinski definition) is 6. The monoisotopic (exact) mass is 614 g/mol. The van der Waals surface area contributed by atoms with E-state index in [0.29, 0.717) is 30.4 Å². The summed E-state index contributed by atoms with van der Waals surface area (Å²) in [6.07, 6.45) is -0.290. The molecule has 0 spiro atoms. The van der Waals surface area contributed by atoms with Gasteiger partial charge in [-0.15, -0.1) is 0 Å². The fourth-order valence-corrected chi connectivity index (χ4v) is 7.86. The van der Waals surface area contributed by atoms with Crippen LogP contribution >= 0.6 is 0 Å². The summed E-state index contributed by atoms with van der Waals surface area (Å²) in [5, 5.41) is 29.4. The van der Waals surface area contributed by atoms with Crippen molar-refractivity contribution in [2.75, 3.05) is 29.9 Å². The minimum atomic E-state index is -1.49. The van der Waals surface area contributed by atoms with Gasteiger partial charge in [0.25, 0.3) is 0 Å². The summed E-state index contributed by atoms with van der Waals surface area (Å²) in [7, 11) is 0. The van der Waals surface area contributed by atoms with E-state index in [4.69, 9.17) is 10.1 Å². The molecule has 0 radical (unpaired) electrons. The van der Waals surface area contributed by atoms with Crippen molar-refractivity contribution in [1.29, 1.82) is 0 Å². The molecular weight excluding hydrogens is 563 g/mol. The van der Waals surface area contributed by atoms with E-state index in [-0.39, 0.29) is 30.6 Å². The zero-order chi connectivity index (χ0) is 33.2. The molecule has 244 valence electrons. The van der Waals surface area contributed by atoms with Crippen LogP contribution in [0.1, 0.15) is 93.5 Å². The number of nitrogens with zero attached hydrogens (tertiary/aromatic N) is 5. The molecule has 2 aliphatic heterocycles. The third-order valence-electron chi connectivity index (χ3n) is 9.96. The van der Waals surface area contributed by atoms with Crippen LogP contribution in [0.25, 0.3) is 0 Å². The quantitative estimate of drug-likeness (QED) is 0.321. The second-order valence-corrected chi connectivity index (χ2v) is 16.0.